The summed E-state index contributed by atoms with van der Waals surface area (Å²) in [5, 5.41) is 10.1. The molecule has 1 aromatic carbocycles. The van der Waals surface area contributed by atoms with Crippen LogP contribution in [0.5, 0.6) is 5.75 Å². The number of benzene rings is 1. The molecule has 2 unspecified atom stereocenters. The molecular formula is C16H25NO3. The summed E-state index contributed by atoms with van der Waals surface area (Å²) in [6.07, 6.45) is 1.87. The Kier molecular flexibility index (Phi) is 5.83. The van der Waals surface area contributed by atoms with Crippen molar-refractivity contribution in [3.63, 3.8) is 0 Å². The highest BCUT2D eigenvalue weighted by atomic mass is 16.5. The quantitative estimate of drug-likeness (QED) is 0.827. The van der Waals surface area contributed by atoms with Crippen LogP contribution in [0.2, 0.25) is 0 Å². The van der Waals surface area contributed by atoms with Gasteiger partial charge in [0.2, 0.25) is 0 Å². The lowest BCUT2D eigenvalue weighted by atomic mass is 10.2. The molecule has 0 aliphatic carbocycles. The number of ether oxygens (including phenoxy) is 2. The molecule has 1 saturated heterocycles. The van der Waals surface area contributed by atoms with Gasteiger partial charge in [-0.05, 0) is 37.9 Å². The molecule has 112 valence electrons. The molecule has 0 bridgehead atoms. The third-order valence-electron chi connectivity index (χ3n) is 3.83. The molecule has 2 atom stereocenters. The van der Waals surface area contributed by atoms with Crippen LogP contribution in [0.4, 0.5) is 0 Å². The molecule has 1 fully saturated rings. The van der Waals surface area contributed by atoms with Gasteiger partial charge in [-0.1, -0.05) is 18.2 Å². The highest BCUT2D eigenvalue weighted by Gasteiger charge is 2.26. The van der Waals surface area contributed by atoms with E-state index in [0.717, 1.165) is 30.9 Å². The van der Waals surface area contributed by atoms with Gasteiger partial charge in [0.05, 0.1) is 6.61 Å². The number of hydrogen-bond donors (Lipinski definition) is 1. The lowest BCUT2D eigenvalue weighted by molar-refractivity contribution is 0.0457. The molecule has 0 aromatic heterocycles. The van der Waals surface area contributed by atoms with Crippen LogP contribution in [-0.2, 0) is 4.74 Å². The summed E-state index contributed by atoms with van der Waals surface area (Å²) in [4.78, 5) is 2.30. The standard InChI is InChI=1S/C16H25NO3/c1-13-6-3-4-8-16(13)20-12-15(18)10-17-9-5-7-14(17)11-19-2/h3-4,6,8,14-15,18H,5,7,9-12H2,1-2H3. The van der Waals surface area contributed by atoms with E-state index in [1.54, 1.807) is 7.11 Å². The van der Waals surface area contributed by atoms with Crippen molar-refractivity contribution in [3.05, 3.63) is 29.8 Å². The zero-order valence-corrected chi connectivity index (χ0v) is 12.4. The lowest BCUT2D eigenvalue weighted by Crippen LogP contribution is -2.40. The number of aliphatic hydroxyl groups is 1. The Morgan fingerprint density at radius 2 is 2.20 bits per heavy atom. The summed E-state index contributed by atoms with van der Waals surface area (Å²) in [6.45, 7) is 4.78. The molecule has 0 radical (unpaired) electrons. The Labute approximate surface area is 121 Å². The van der Waals surface area contributed by atoms with E-state index in [2.05, 4.69) is 4.90 Å². The van der Waals surface area contributed by atoms with Gasteiger partial charge in [0.25, 0.3) is 0 Å². The van der Waals surface area contributed by atoms with E-state index in [-0.39, 0.29) is 0 Å². The number of aryl methyl sites for hydroxylation is 1. The first-order valence-corrected chi connectivity index (χ1v) is 7.30. The third kappa shape index (κ3) is 4.20. The van der Waals surface area contributed by atoms with Crippen molar-refractivity contribution in [1.82, 2.24) is 4.90 Å². The predicted molar refractivity (Wildman–Crippen MR) is 79.2 cm³/mol. The van der Waals surface area contributed by atoms with Crippen molar-refractivity contribution in [2.24, 2.45) is 0 Å². The summed E-state index contributed by atoms with van der Waals surface area (Å²) in [7, 11) is 1.73. The van der Waals surface area contributed by atoms with Crippen molar-refractivity contribution >= 4 is 0 Å². The minimum absolute atomic E-state index is 0.334. The fourth-order valence-electron chi connectivity index (χ4n) is 2.74. The smallest absolute Gasteiger partial charge is 0.122 e. The summed E-state index contributed by atoms with van der Waals surface area (Å²) in [5.74, 6) is 0.849. The van der Waals surface area contributed by atoms with Crippen molar-refractivity contribution in [1.29, 1.82) is 0 Å². The second-order valence-electron chi connectivity index (χ2n) is 5.48. The van der Waals surface area contributed by atoms with Gasteiger partial charge < -0.3 is 14.6 Å². The molecule has 1 aromatic rings. The van der Waals surface area contributed by atoms with Crippen LogP contribution in [0.25, 0.3) is 0 Å². The zero-order valence-electron chi connectivity index (χ0n) is 12.4. The van der Waals surface area contributed by atoms with E-state index >= 15 is 0 Å². The van der Waals surface area contributed by atoms with Crippen molar-refractivity contribution in [2.45, 2.75) is 31.9 Å². The van der Waals surface area contributed by atoms with E-state index in [9.17, 15) is 5.11 Å². The van der Waals surface area contributed by atoms with Gasteiger partial charge >= 0.3 is 0 Å². The maximum Gasteiger partial charge on any atom is 0.122 e. The number of aliphatic hydroxyl groups excluding tert-OH is 1. The Hall–Kier alpha value is -1.10. The molecule has 1 aliphatic heterocycles. The maximum absolute atomic E-state index is 10.1. The molecule has 20 heavy (non-hydrogen) atoms. The molecule has 4 nitrogen and oxygen atoms in total. The van der Waals surface area contributed by atoms with Gasteiger partial charge in [0.15, 0.2) is 0 Å². The number of para-hydroxylation sites is 1. The molecule has 1 heterocycles. The fraction of sp³-hybridized carbons (Fsp3) is 0.625. The fourth-order valence-corrected chi connectivity index (χ4v) is 2.74. The van der Waals surface area contributed by atoms with E-state index in [4.69, 9.17) is 9.47 Å². The normalized spacial score (nSPS) is 21.1. The highest BCUT2D eigenvalue weighted by Crippen LogP contribution is 2.19. The van der Waals surface area contributed by atoms with Crippen LogP contribution < -0.4 is 4.74 Å². The average Bonchev–Trinajstić information content (AvgIpc) is 2.86. The number of likely N-dealkylation sites (tertiary alicyclic amines) is 1. The van der Waals surface area contributed by atoms with Crippen molar-refractivity contribution < 1.29 is 14.6 Å². The van der Waals surface area contributed by atoms with Crippen molar-refractivity contribution in [2.75, 3.05) is 33.4 Å². The molecule has 1 aliphatic rings. The van der Waals surface area contributed by atoms with E-state index in [1.807, 2.05) is 31.2 Å². The van der Waals surface area contributed by atoms with Gasteiger partial charge in [-0.25, -0.2) is 0 Å². The maximum atomic E-state index is 10.1. The molecule has 0 saturated carbocycles. The van der Waals surface area contributed by atoms with Crippen LogP contribution in [0.1, 0.15) is 18.4 Å². The molecule has 0 spiro atoms. The minimum atomic E-state index is -0.466. The van der Waals surface area contributed by atoms with Crippen LogP contribution >= 0.6 is 0 Å². The second kappa shape index (κ2) is 7.62. The highest BCUT2D eigenvalue weighted by molar-refractivity contribution is 5.31. The van der Waals surface area contributed by atoms with Gasteiger partial charge in [0, 0.05) is 19.7 Å². The van der Waals surface area contributed by atoms with Crippen LogP contribution in [0.15, 0.2) is 24.3 Å². The number of nitrogens with zero attached hydrogens (tertiary/aromatic N) is 1. The SMILES string of the molecule is COCC1CCCN1CC(O)COc1ccccc1C. The van der Waals surface area contributed by atoms with Gasteiger partial charge in [-0.3, -0.25) is 4.90 Å². The Bertz CT molecular complexity index is 410. The van der Waals surface area contributed by atoms with E-state index < -0.39 is 6.10 Å². The number of rotatable bonds is 7. The predicted octanol–water partition coefficient (Wildman–Crippen LogP) is 1.85. The summed E-state index contributed by atoms with van der Waals surface area (Å²) >= 11 is 0. The molecule has 2 rings (SSSR count). The number of β-amino-alcohol motifs (C(OH)–C–C–N with tert-alkyl or cyclic N) is 1. The first-order chi connectivity index (χ1) is 9.70. The largest absolute Gasteiger partial charge is 0.491 e. The Morgan fingerprint density at radius 3 is 2.95 bits per heavy atom. The molecule has 4 heteroatoms. The van der Waals surface area contributed by atoms with Crippen LogP contribution in [0.3, 0.4) is 0 Å². The van der Waals surface area contributed by atoms with Crippen LogP contribution in [-0.4, -0.2) is 55.6 Å². The van der Waals surface area contributed by atoms with Gasteiger partial charge in [-0.2, -0.15) is 0 Å². The lowest BCUT2D eigenvalue weighted by Gasteiger charge is -2.26. The second-order valence-corrected chi connectivity index (χ2v) is 5.48. The molecular weight excluding hydrogens is 254 g/mol. The van der Waals surface area contributed by atoms with E-state index in [1.165, 1.54) is 6.42 Å². The van der Waals surface area contributed by atoms with Gasteiger partial charge in [-0.15, -0.1) is 0 Å². The number of methoxy groups -OCH3 is 1. The summed E-state index contributed by atoms with van der Waals surface area (Å²) in [5.41, 5.74) is 1.10. The first-order valence-electron chi connectivity index (χ1n) is 7.30. The van der Waals surface area contributed by atoms with Crippen molar-refractivity contribution in [3.8, 4) is 5.75 Å². The summed E-state index contributed by atoms with van der Waals surface area (Å²) in [6, 6.07) is 8.32. The van der Waals surface area contributed by atoms with Gasteiger partial charge in [0.1, 0.15) is 18.5 Å². The number of hydrogen-bond acceptors (Lipinski definition) is 4. The Morgan fingerprint density at radius 1 is 1.40 bits per heavy atom. The average molecular weight is 279 g/mol. The third-order valence-corrected chi connectivity index (χ3v) is 3.83. The van der Waals surface area contributed by atoms with E-state index in [0.29, 0.717) is 19.2 Å². The minimum Gasteiger partial charge on any atom is -0.491 e. The van der Waals surface area contributed by atoms with Crippen LogP contribution in [0, 0.1) is 6.92 Å². The zero-order chi connectivity index (χ0) is 14.4. The molecule has 0 amide bonds. The first kappa shape index (κ1) is 15.3. The Balaban J connectivity index is 1.78. The summed E-state index contributed by atoms with van der Waals surface area (Å²) < 4.78 is 10.9. The topological polar surface area (TPSA) is 41.9 Å². The monoisotopic (exact) mass is 279 g/mol. The molecule has 1 N–H and O–H groups in total.